The van der Waals surface area contributed by atoms with Gasteiger partial charge in [-0.25, -0.2) is 25.3 Å². The first-order valence-electron chi connectivity index (χ1n) is 12.3. The van der Waals surface area contributed by atoms with Gasteiger partial charge in [0.2, 0.25) is 5.91 Å². The molecule has 1 heterocycles. The Hall–Kier alpha value is -0.617. The second-order valence-corrected chi connectivity index (χ2v) is 13.9. The van der Waals surface area contributed by atoms with E-state index in [4.69, 9.17) is 0 Å². The predicted molar refractivity (Wildman–Crippen MR) is 149 cm³/mol. The van der Waals surface area contributed by atoms with E-state index in [0.717, 1.165) is 36.4 Å². The van der Waals surface area contributed by atoms with Crippen molar-refractivity contribution in [2.75, 3.05) is 16.1 Å². The molecule has 2 amide bonds. The summed E-state index contributed by atoms with van der Waals surface area (Å²) < 4.78 is 94.1. The molecule has 3 aromatic rings. The number of hydrogen-bond donors (Lipinski definition) is 1. The quantitative estimate of drug-likeness (QED) is 0.108. The maximum Gasteiger partial charge on any atom is 1.00 e. The van der Waals surface area contributed by atoms with Crippen LogP contribution in [-0.2, 0) is 44.5 Å². The Kier molecular flexibility index (Phi) is 17.7. The minimum Gasteiger partial charge on any atom is -0.744 e. The molecule has 17 nitrogen and oxygen atoms in total. The van der Waals surface area contributed by atoms with Crippen LogP contribution in [0.15, 0.2) is 103 Å². The number of carbonyl (C=O) groups is 3. The van der Waals surface area contributed by atoms with Gasteiger partial charge in [-0.15, -0.1) is 0 Å². The first kappa shape index (κ1) is 45.4. The van der Waals surface area contributed by atoms with Crippen LogP contribution in [0.4, 0.5) is 17.1 Å². The number of carbonyl (C=O) groups excluding carboxylic acids is 3. The SMILES string of the molecule is O=C(CCS(=O)(=O)c1ccccc1)Nc1ccc(N=NC2C(=O)N(c3ccc(S(=O)(=O)[O-])cc3)N=C2C(=O)[O-])c(S(=O)(=O)[O-])c1.[K+].[K+].[Na+]. The van der Waals surface area contributed by atoms with Crippen LogP contribution in [0.5, 0.6) is 0 Å². The number of nitrogens with zero attached hydrogens (tertiary/aromatic N) is 4. The van der Waals surface area contributed by atoms with Crippen LogP contribution in [0.25, 0.3) is 0 Å². The van der Waals surface area contributed by atoms with Crippen molar-refractivity contribution in [3.8, 4) is 0 Å². The van der Waals surface area contributed by atoms with Crippen molar-refractivity contribution in [2.24, 2.45) is 15.3 Å². The molecule has 0 aliphatic carbocycles. The Morgan fingerprint density at radius 3 is 2.00 bits per heavy atom. The molecule has 236 valence electrons. The average molecular weight is 778 g/mol. The third kappa shape index (κ3) is 11.7. The van der Waals surface area contributed by atoms with Gasteiger partial charge in [0.05, 0.1) is 32.1 Å². The first-order chi connectivity index (χ1) is 21.0. The van der Waals surface area contributed by atoms with Crippen molar-refractivity contribution < 1.29 is 186 Å². The number of carboxylic acid groups (broad SMARTS) is 1. The van der Waals surface area contributed by atoms with E-state index >= 15 is 0 Å². The Bertz CT molecular complexity index is 2080. The number of anilines is 2. The third-order valence-corrected chi connectivity index (χ3v) is 9.43. The van der Waals surface area contributed by atoms with E-state index in [2.05, 4.69) is 20.6 Å². The van der Waals surface area contributed by atoms with Crippen molar-refractivity contribution in [1.82, 2.24) is 0 Å². The molecule has 0 saturated heterocycles. The number of rotatable bonds is 11. The van der Waals surface area contributed by atoms with Crippen LogP contribution in [0, 0.1) is 0 Å². The van der Waals surface area contributed by atoms with E-state index in [1.807, 2.05) is 0 Å². The molecule has 0 radical (unpaired) electrons. The largest absolute Gasteiger partial charge is 1.00 e. The number of hydrogen-bond acceptors (Lipinski definition) is 15. The second kappa shape index (κ2) is 18.7. The van der Waals surface area contributed by atoms with Crippen molar-refractivity contribution in [3.05, 3.63) is 72.8 Å². The summed E-state index contributed by atoms with van der Waals surface area (Å²) in [4.78, 5) is 35.3. The van der Waals surface area contributed by atoms with Crippen molar-refractivity contribution in [2.45, 2.75) is 27.1 Å². The Morgan fingerprint density at radius 2 is 1.46 bits per heavy atom. The van der Waals surface area contributed by atoms with Crippen LogP contribution in [0.1, 0.15) is 6.42 Å². The molecule has 0 fully saturated rings. The fourth-order valence-electron chi connectivity index (χ4n) is 3.83. The van der Waals surface area contributed by atoms with Gasteiger partial charge in [-0.1, -0.05) is 18.2 Å². The summed E-state index contributed by atoms with van der Waals surface area (Å²) in [6.45, 7) is 0. The number of azo groups is 1. The maximum absolute atomic E-state index is 12.9. The Morgan fingerprint density at radius 1 is 0.854 bits per heavy atom. The van der Waals surface area contributed by atoms with Crippen molar-refractivity contribution in [1.29, 1.82) is 0 Å². The van der Waals surface area contributed by atoms with Gasteiger partial charge in [-0.2, -0.15) is 20.3 Å². The minimum absolute atomic E-state index is 0. The third-order valence-electron chi connectivity index (χ3n) is 5.98. The van der Waals surface area contributed by atoms with E-state index in [0.29, 0.717) is 11.1 Å². The van der Waals surface area contributed by atoms with E-state index in [1.54, 1.807) is 6.07 Å². The molecule has 0 spiro atoms. The summed E-state index contributed by atoms with van der Waals surface area (Å²) in [6.07, 6.45) is -0.515. The molecule has 1 N–H and O–H groups in total. The molecule has 23 heteroatoms. The Labute approximate surface area is 381 Å². The zero-order valence-electron chi connectivity index (χ0n) is 25.3. The van der Waals surface area contributed by atoms with Gasteiger partial charge in [0.1, 0.15) is 31.6 Å². The molecule has 0 saturated carbocycles. The standard InChI is InChI=1S/C25H21N5O12S3.2K.Na/c31-21(12-13-43(35,36)17-4-2-1-3-5-17)26-15-6-11-19(20(14-15)45(40,41)42)27-28-22-23(25(33)34)29-30(24(22)32)16-7-9-18(10-8-16)44(37,38)39;;;/h1-11,14,22H,12-13H2,(H,26,31)(H,33,34)(H,37,38,39)(H,40,41,42);;;/q;3*+1/p-3. The predicted octanol–water partition coefficient (Wildman–Crippen LogP) is -9.09. The zero-order valence-corrected chi connectivity index (χ0v) is 36.0. The molecule has 0 bridgehead atoms. The van der Waals surface area contributed by atoms with Gasteiger partial charge in [0.15, 0.2) is 15.9 Å². The summed E-state index contributed by atoms with van der Waals surface area (Å²) in [6, 6.07) is 11.7. The molecule has 3 aromatic carbocycles. The molecular formula is C25H18K2N5NaO12S3. The maximum atomic E-state index is 12.9. The van der Waals surface area contributed by atoms with E-state index in [1.165, 1.54) is 24.3 Å². The second-order valence-electron chi connectivity index (χ2n) is 9.06. The number of benzene rings is 3. The average Bonchev–Trinajstić information content (AvgIpc) is 3.31. The van der Waals surface area contributed by atoms with E-state index in [9.17, 15) is 53.8 Å². The van der Waals surface area contributed by atoms with Crippen molar-refractivity contribution >= 4 is 70.6 Å². The minimum atomic E-state index is -5.30. The zero-order chi connectivity index (χ0) is 33.2. The fourth-order valence-corrected chi connectivity index (χ4v) is 6.20. The molecule has 1 aliphatic rings. The fraction of sp³-hybridized carbons (Fsp3) is 0.120. The number of aliphatic carboxylic acids is 1. The van der Waals surface area contributed by atoms with E-state index < -0.39 is 87.3 Å². The molecule has 0 aromatic heterocycles. The smallest absolute Gasteiger partial charge is 0.744 e. The summed E-state index contributed by atoms with van der Waals surface area (Å²) >= 11 is 0. The summed E-state index contributed by atoms with van der Waals surface area (Å²) in [5.41, 5.74) is -2.01. The van der Waals surface area contributed by atoms with Crippen LogP contribution in [-0.4, -0.2) is 69.6 Å². The van der Waals surface area contributed by atoms with E-state index in [-0.39, 0.29) is 149 Å². The van der Waals surface area contributed by atoms with Gasteiger partial charge in [0.25, 0.3) is 5.91 Å². The summed E-state index contributed by atoms with van der Waals surface area (Å²) in [7, 11) is -13.9. The summed E-state index contributed by atoms with van der Waals surface area (Å²) in [5, 5.41) is 25.1. The number of amides is 2. The van der Waals surface area contributed by atoms with Crippen LogP contribution < -0.4 is 148 Å². The molecule has 1 atom stereocenters. The molecule has 4 rings (SSSR count). The Balaban J connectivity index is 0.00000384. The number of carboxylic acids is 1. The van der Waals surface area contributed by atoms with Gasteiger partial charge < -0.3 is 24.3 Å². The molecular weight excluding hydrogens is 760 g/mol. The van der Waals surface area contributed by atoms with Gasteiger partial charge in [-0.05, 0) is 54.6 Å². The van der Waals surface area contributed by atoms with Crippen LogP contribution >= 0.6 is 0 Å². The summed E-state index contributed by atoms with van der Waals surface area (Å²) in [5.74, 6) is -4.50. The van der Waals surface area contributed by atoms with Gasteiger partial charge in [0, 0.05) is 12.1 Å². The van der Waals surface area contributed by atoms with Crippen LogP contribution in [0.2, 0.25) is 0 Å². The van der Waals surface area contributed by atoms with Gasteiger partial charge >= 0.3 is 132 Å². The molecule has 48 heavy (non-hydrogen) atoms. The number of hydrazone groups is 1. The monoisotopic (exact) mass is 777 g/mol. The van der Waals surface area contributed by atoms with Gasteiger partial charge in [-0.3, -0.25) is 9.59 Å². The topological polar surface area (TPSA) is 275 Å². The molecule has 1 aliphatic heterocycles. The number of nitrogens with one attached hydrogen (secondary N) is 1. The van der Waals surface area contributed by atoms with Crippen molar-refractivity contribution in [3.63, 3.8) is 0 Å². The first-order valence-corrected chi connectivity index (χ1v) is 16.7. The normalized spacial score (nSPS) is 14.7. The number of sulfone groups is 1. The van der Waals surface area contributed by atoms with Crippen LogP contribution in [0.3, 0.4) is 0 Å². The molecule has 1 unspecified atom stereocenters.